The Bertz CT molecular complexity index is 1670. The zero-order chi connectivity index (χ0) is 23.7. The average molecular weight is 443 g/mol. The monoisotopic (exact) mass is 442 g/mol. The largest absolute Gasteiger partial charge is 0.507 e. The fourth-order valence-corrected chi connectivity index (χ4v) is 5.41. The highest BCUT2D eigenvalue weighted by molar-refractivity contribution is 6.26. The number of benzene rings is 6. The van der Waals surface area contributed by atoms with Crippen molar-refractivity contribution >= 4 is 43.1 Å². The average Bonchev–Trinajstić information content (AvgIpc) is 2.81. The maximum absolute atomic E-state index is 11.3. The van der Waals surface area contributed by atoms with Gasteiger partial charge < -0.3 is 10.2 Å². The minimum atomic E-state index is 0.317. The van der Waals surface area contributed by atoms with E-state index in [2.05, 4.69) is 76.2 Å². The fraction of sp³-hybridized carbons (Fsp3) is 0.125. The van der Waals surface area contributed by atoms with Crippen LogP contribution in [-0.2, 0) is 0 Å². The van der Waals surface area contributed by atoms with E-state index in [1.54, 1.807) is 0 Å². The lowest BCUT2D eigenvalue weighted by Crippen LogP contribution is -1.93. The predicted octanol–water partition coefficient (Wildman–Crippen LogP) is 8.61. The Morgan fingerprint density at radius 3 is 1.00 bits per heavy atom. The van der Waals surface area contributed by atoms with E-state index in [9.17, 15) is 10.2 Å². The summed E-state index contributed by atoms with van der Waals surface area (Å²) in [7, 11) is 0. The summed E-state index contributed by atoms with van der Waals surface area (Å²) in [5.41, 5.74) is 6.67. The third kappa shape index (κ3) is 2.88. The molecular formula is C32H26O2. The molecule has 0 spiro atoms. The van der Waals surface area contributed by atoms with E-state index in [1.165, 1.54) is 0 Å². The van der Waals surface area contributed by atoms with E-state index in [-0.39, 0.29) is 0 Å². The summed E-state index contributed by atoms with van der Waals surface area (Å²) in [5, 5.41) is 30.0. The lowest BCUT2D eigenvalue weighted by molar-refractivity contribution is 0.487. The van der Waals surface area contributed by atoms with Crippen LogP contribution in [0.25, 0.3) is 54.2 Å². The lowest BCUT2D eigenvalue weighted by atomic mass is 9.84. The molecule has 2 nitrogen and oxygen atoms in total. The molecule has 0 amide bonds. The molecule has 6 aromatic carbocycles. The molecule has 0 aliphatic carbocycles. The highest BCUT2D eigenvalue weighted by atomic mass is 16.3. The van der Waals surface area contributed by atoms with Gasteiger partial charge in [0.15, 0.2) is 0 Å². The number of aromatic hydroxyl groups is 2. The van der Waals surface area contributed by atoms with Crippen molar-refractivity contribution in [2.45, 2.75) is 27.7 Å². The number of phenolic OH excluding ortho intramolecular Hbond substituents is 2. The molecule has 0 aliphatic rings. The number of fused-ring (bicyclic) bond motifs is 4. The van der Waals surface area contributed by atoms with Crippen LogP contribution in [0.2, 0.25) is 0 Å². The molecular weight excluding hydrogens is 416 g/mol. The molecule has 0 fully saturated rings. The Labute approximate surface area is 198 Å². The van der Waals surface area contributed by atoms with E-state index in [0.29, 0.717) is 11.5 Å². The van der Waals surface area contributed by atoms with Gasteiger partial charge in [-0.3, -0.25) is 0 Å². The smallest absolute Gasteiger partial charge is 0.131 e. The van der Waals surface area contributed by atoms with Gasteiger partial charge in [-0.1, -0.05) is 82.9 Å². The van der Waals surface area contributed by atoms with Crippen molar-refractivity contribution < 1.29 is 10.2 Å². The number of hydrogen-bond donors (Lipinski definition) is 2. The molecule has 0 atom stereocenters. The molecule has 0 heterocycles. The molecule has 0 aromatic heterocycles. The highest BCUT2D eigenvalue weighted by Gasteiger charge is 2.21. The van der Waals surface area contributed by atoms with Crippen molar-refractivity contribution in [2.24, 2.45) is 0 Å². The fourth-order valence-electron chi connectivity index (χ4n) is 5.41. The molecule has 0 radical (unpaired) electrons. The maximum Gasteiger partial charge on any atom is 0.131 e. The summed E-state index contributed by atoms with van der Waals surface area (Å²) in [5.74, 6) is 0.633. The normalized spacial score (nSPS) is 11.8. The maximum atomic E-state index is 11.3. The highest BCUT2D eigenvalue weighted by Crippen LogP contribution is 2.49. The van der Waals surface area contributed by atoms with Crippen LogP contribution in [0.4, 0.5) is 0 Å². The second kappa shape index (κ2) is 7.23. The Kier molecular flexibility index (Phi) is 4.37. The minimum absolute atomic E-state index is 0.317. The van der Waals surface area contributed by atoms with Crippen molar-refractivity contribution in [3.8, 4) is 22.6 Å². The SMILES string of the molecule is Cc1ccc2c(-c3c4ccc(C)cc4c(O)c4ccc(C)cc34)c3cc(C)ccc3c(O)c2c1. The van der Waals surface area contributed by atoms with E-state index in [0.717, 1.165) is 76.5 Å². The van der Waals surface area contributed by atoms with Gasteiger partial charge in [0.05, 0.1) is 0 Å². The van der Waals surface area contributed by atoms with Crippen LogP contribution in [0.5, 0.6) is 11.5 Å². The van der Waals surface area contributed by atoms with E-state index in [1.807, 2.05) is 24.3 Å². The standard InChI is InChI=1S/C32H26O2/c1-17-7-11-23-25(13-17)29(21-9-5-19(3)15-27(21)31(23)33)30-22-10-6-20(4)16-28(22)32(34)24-12-8-18(2)14-26(24)30/h5-16,33-34H,1-4H3. The van der Waals surface area contributed by atoms with Crippen molar-refractivity contribution in [2.75, 3.05) is 0 Å². The first-order valence-electron chi connectivity index (χ1n) is 11.6. The van der Waals surface area contributed by atoms with Crippen molar-refractivity contribution in [1.29, 1.82) is 0 Å². The van der Waals surface area contributed by atoms with Gasteiger partial charge in [-0.25, -0.2) is 0 Å². The van der Waals surface area contributed by atoms with Crippen LogP contribution in [0.1, 0.15) is 22.3 Å². The first-order chi connectivity index (χ1) is 16.3. The lowest BCUT2D eigenvalue weighted by Gasteiger charge is -2.20. The minimum Gasteiger partial charge on any atom is -0.507 e. The molecule has 0 saturated heterocycles. The molecule has 6 aromatic rings. The zero-order valence-corrected chi connectivity index (χ0v) is 19.8. The summed E-state index contributed by atoms with van der Waals surface area (Å²) in [6.45, 7) is 8.27. The van der Waals surface area contributed by atoms with E-state index >= 15 is 0 Å². The van der Waals surface area contributed by atoms with Gasteiger partial charge in [0.1, 0.15) is 11.5 Å². The van der Waals surface area contributed by atoms with Gasteiger partial charge in [-0.05, 0) is 72.5 Å². The Morgan fingerprint density at radius 2 is 0.647 bits per heavy atom. The second-order valence-electron chi connectivity index (χ2n) is 9.64. The molecule has 0 bridgehead atoms. The third-order valence-electron chi connectivity index (χ3n) is 7.05. The van der Waals surface area contributed by atoms with Gasteiger partial charge >= 0.3 is 0 Å². The van der Waals surface area contributed by atoms with Crippen molar-refractivity contribution in [1.82, 2.24) is 0 Å². The van der Waals surface area contributed by atoms with Gasteiger partial charge in [0.2, 0.25) is 0 Å². The third-order valence-corrected chi connectivity index (χ3v) is 7.05. The number of aryl methyl sites for hydroxylation is 4. The molecule has 2 heteroatoms. The molecule has 6 rings (SSSR count). The first kappa shape index (κ1) is 20.6. The summed E-state index contributed by atoms with van der Waals surface area (Å²) in [4.78, 5) is 0. The van der Waals surface area contributed by atoms with Gasteiger partial charge in [0, 0.05) is 21.5 Å². The molecule has 34 heavy (non-hydrogen) atoms. The second-order valence-corrected chi connectivity index (χ2v) is 9.64. The van der Waals surface area contributed by atoms with Crippen LogP contribution in [0.15, 0.2) is 72.8 Å². The van der Waals surface area contributed by atoms with Crippen molar-refractivity contribution in [3.63, 3.8) is 0 Å². The van der Waals surface area contributed by atoms with Crippen LogP contribution in [0.3, 0.4) is 0 Å². The zero-order valence-electron chi connectivity index (χ0n) is 19.8. The van der Waals surface area contributed by atoms with E-state index in [4.69, 9.17) is 0 Å². The van der Waals surface area contributed by atoms with Gasteiger partial charge in [-0.15, -0.1) is 0 Å². The number of hydrogen-bond acceptors (Lipinski definition) is 2. The van der Waals surface area contributed by atoms with Gasteiger partial charge in [-0.2, -0.15) is 0 Å². The van der Waals surface area contributed by atoms with Gasteiger partial charge in [0.25, 0.3) is 0 Å². The van der Waals surface area contributed by atoms with Crippen LogP contribution in [0, 0.1) is 27.7 Å². The molecule has 2 N–H and O–H groups in total. The summed E-state index contributed by atoms with van der Waals surface area (Å²) < 4.78 is 0. The molecule has 0 aliphatic heterocycles. The summed E-state index contributed by atoms with van der Waals surface area (Å²) in [6.07, 6.45) is 0. The first-order valence-corrected chi connectivity index (χ1v) is 11.6. The van der Waals surface area contributed by atoms with Crippen LogP contribution >= 0.6 is 0 Å². The van der Waals surface area contributed by atoms with Crippen LogP contribution < -0.4 is 0 Å². The number of phenols is 2. The Morgan fingerprint density at radius 1 is 0.353 bits per heavy atom. The predicted molar refractivity (Wildman–Crippen MR) is 144 cm³/mol. The van der Waals surface area contributed by atoms with Crippen molar-refractivity contribution in [3.05, 3.63) is 95.1 Å². The molecule has 0 unspecified atom stereocenters. The topological polar surface area (TPSA) is 40.5 Å². The molecule has 0 saturated carbocycles. The quantitative estimate of drug-likeness (QED) is 0.250. The Hall–Kier alpha value is -4.04. The number of rotatable bonds is 1. The van der Waals surface area contributed by atoms with E-state index < -0.39 is 0 Å². The molecule has 166 valence electrons. The summed E-state index contributed by atoms with van der Waals surface area (Å²) in [6, 6.07) is 25.0. The Balaban J connectivity index is 1.97. The van der Waals surface area contributed by atoms with Crippen LogP contribution in [-0.4, -0.2) is 10.2 Å². The summed E-state index contributed by atoms with van der Waals surface area (Å²) >= 11 is 0.